The molecule has 0 bridgehead atoms. The molecule has 5 nitrogen and oxygen atoms in total. The summed E-state index contributed by atoms with van der Waals surface area (Å²) >= 11 is 0. The van der Waals surface area contributed by atoms with E-state index < -0.39 is 0 Å². The van der Waals surface area contributed by atoms with Crippen LogP contribution in [0.3, 0.4) is 0 Å². The summed E-state index contributed by atoms with van der Waals surface area (Å²) in [5.74, 6) is 0. The molecule has 1 aromatic rings. The van der Waals surface area contributed by atoms with Crippen molar-refractivity contribution in [1.29, 1.82) is 0 Å². The number of carbonyl (C=O) groups excluding carboxylic acids is 1. The standard InChI is InChI=1S/C19H28N2O3/c1-23-13-14-24-18-9-12-21(19(22)20-10-5-6-11-20)17(18)15-16-7-3-2-4-8-16/h2-4,7-8,17-18H,5-6,9-15H2,1H3/t17-,18+/m0/s1. The summed E-state index contributed by atoms with van der Waals surface area (Å²) in [7, 11) is 1.68. The third-order valence-corrected chi connectivity index (χ3v) is 5.01. The van der Waals surface area contributed by atoms with Gasteiger partial charge in [-0.3, -0.25) is 0 Å². The first-order valence-corrected chi connectivity index (χ1v) is 8.99. The van der Waals surface area contributed by atoms with E-state index >= 15 is 0 Å². The first kappa shape index (κ1) is 17.2. The second kappa shape index (κ2) is 8.49. The van der Waals surface area contributed by atoms with E-state index in [1.807, 2.05) is 15.9 Å². The Balaban J connectivity index is 1.70. The van der Waals surface area contributed by atoms with Gasteiger partial charge in [-0.1, -0.05) is 30.3 Å². The lowest BCUT2D eigenvalue weighted by Gasteiger charge is -2.31. The van der Waals surface area contributed by atoms with Gasteiger partial charge in [-0.2, -0.15) is 0 Å². The molecule has 2 aliphatic rings. The monoisotopic (exact) mass is 332 g/mol. The van der Waals surface area contributed by atoms with E-state index in [0.29, 0.717) is 13.2 Å². The predicted molar refractivity (Wildman–Crippen MR) is 93.1 cm³/mol. The SMILES string of the molecule is COCCO[C@@H]1CCN(C(=O)N2CCCC2)[C@H]1Cc1ccccc1. The molecule has 0 aliphatic carbocycles. The summed E-state index contributed by atoms with van der Waals surface area (Å²) < 4.78 is 11.1. The Kier molecular flexibility index (Phi) is 6.10. The molecule has 24 heavy (non-hydrogen) atoms. The fraction of sp³-hybridized carbons (Fsp3) is 0.632. The number of nitrogens with zero attached hydrogens (tertiary/aromatic N) is 2. The lowest BCUT2D eigenvalue weighted by Crippen LogP contribution is -2.47. The molecule has 3 rings (SSSR count). The topological polar surface area (TPSA) is 42.0 Å². The predicted octanol–water partition coefficient (Wildman–Crippen LogP) is 2.55. The summed E-state index contributed by atoms with van der Waals surface area (Å²) in [5.41, 5.74) is 1.25. The highest BCUT2D eigenvalue weighted by Gasteiger charge is 2.39. The second-order valence-corrected chi connectivity index (χ2v) is 6.62. The summed E-state index contributed by atoms with van der Waals surface area (Å²) in [6, 6.07) is 10.7. The lowest BCUT2D eigenvalue weighted by molar-refractivity contribution is 0.00207. The molecule has 0 radical (unpaired) electrons. The molecule has 1 aromatic carbocycles. The van der Waals surface area contributed by atoms with Gasteiger partial charge in [0.05, 0.1) is 25.4 Å². The summed E-state index contributed by atoms with van der Waals surface area (Å²) in [6.45, 7) is 3.74. The minimum atomic E-state index is 0.0897. The van der Waals surface area contributed by atoms with Crippen LogP contribution in [0.2, 0.25) is 0 Å². The Morgan fingerprint density at radius 2 is 1.88 bits per heavy atom. The molecular formula is C19H28N2O3. The summed E-state index contributed by atoms with van der Waals surface area (Å²) in [6.07, 6.45) is 4.08. The van der Waals surface area contributed by atoms with Crippen LogP contribution < -0.4 is 0 Å². The van der Waals surface area contributed by atoms with Gasteiger partial charge in [0.2, 0.25) is 0 Å². The number of rotatable bonds is 6. The fourth-order valence-corrected chi connectivity index (χ4v) is 3.73. The summed E-state index contributed by atoms with van der Waals surface area (Å²) in [5, 5.41) is 0. The van der Waals surface area contributed by atoms with Crippen molar-refractivity contribution in [3.05, 3.63) is 35.9 Å². The number of hydrogen-bond donors (Lipinski definition) is 0. The van der Waals surface area contributed by atoms with Gasteiger partial charge in [0, 0.05) is 26.7 Å². The Bertz CT molecular complexity index is 517. The van der Waals surface area contributed by atoms with Gasteiger partial charge in [0.1, 0.15) is 0 Å². The minimum absolute atomic E-state index is 0.0897. The van der Waals surface area contributed by atoms with Crippen LogP contribution in [0.5, 0.6) is 0 Å². The smallest absolute Gasteiger partial charge is 0.320 e. The maximum atomic E-state index is 12.9. The molecule has 5 heteroatoms. The molecule has 2 fully saturated rings. The Hall–Kier alpha value is -1.59. The third-order valence-electron chi connectivity index (χ3n) is 5.01. The molecule has 0 aromatic heterocycles. The number of methoxy groups -OCH3 is 1. The zero-order chi connectivity index (χ0) is 16.8. The van der Waals surface area contributed by atoms with Crippen molar-refractivity contribution in [2.75, 3.05) is 40.0 Å². The minimum Gasteiger partial charge on any atom is -0.382 e. The average molecular weight is 332 g/mol. The van der Waals surface area contributed by atoms with Crippen LogP contribution in [0.25, 0.3) is 0 Å². The molecule has 0 saturated carbocycles. The number of amides is 2. The normalized spacial score (nSPS) is 23.9. The molecule has 0 unspecified atom stereocenters. The van der Waals surface area contributed by atoms with Crippen molar-refractivity contribution in [2.24, 2.45) is 0 Å². The number of likely N-dealkylation sites (tertiary alicyclic amines) is 2. The second-order valence-electron chi connectivity index (χ2n) is 6.62. The van der Waals surface area contributed by atoms with Crippen molar-refractivity contribution in [3.8, 4) is 0 Å². The highest BCUT2D eigenvalue weighted by molar-refractivity contribution is 5.75. The number of benzene rings is 1. The van der Waals surface area contributed by atoms with Gasteiger partial charge in [0.25, 0.3) is 0 Å². The van der Waals surface area contributed by atoms with Crippen molar-refractivity contribution < 1.29 is 14.3 Å². The van der Waals surface area contributed by atoms with Crippen LogP contribution in [0.4, 0.5) is 4.79 Å². The maximum absolute atomic E-state index is 12.9. The third kappa shape index (κ3) is 4.08. The zero-order valence-corrected chi connectivity index (χ0v) is 14.5. The van der Waals surface area contributed by atoms with Crippen LogP contribution in [0.15, 0.2) is 30.3 Å². The van der Waals surface area contributed by atoms with Crippen molar-refractivity contribution >= 4 is 6.03 Å². The van der Waals surface area contributed by atoms with E-state index in [4.69, 9.17) is 9.47 Å². The van der Waals surface area contributed by atoms with Gasteiger partial charge in [-0.05, 0) is 31.2 Å². The van der Waals surface area contributed by atoms with Crippen LogP contribution in [-0.2, 0) is 15.9 Å². The van der Waals surface area contributed by atoms with Crippen molar-refractivity contribution in [3.63, 3.8) is 0 Å². The van der Waals surface area contributed by atoms with Gasteiger partial charge >= 0.3 is 6.03 Å². The highest BCUT2D eigenvalue weighted by atomic mass is 16.5. The number of urea groups is 1. The van der Waals surface area contributed by atoms with E-state index in [1.54, 1.807) is 7.11 Å². The van der Waals surface area contributed by atoms with Gasteiger partial charge in [-0.25, -0.2) is 4.79 Å². The zero-order valence-electron chi connectivity index (χ0n) is 14.5. The van der Waals surface area contributed by atoms with Crippen molar-refractivity contribution in [1.82, 2.24) is 9.80 Å². The molecule has 2 heterocycles. The molecular weight excluding hydrogens is 304 g/mol. The Morgan fingerprint density at radius 3 is 2.58 bits per heavy atom. The van der Waals surface area contributed by atoms with Crippen LogP contribution in [0, 0.1) is 0 Å². The lowest BCUT2D eigenvalue weighted by atomic mass is 10.0. The molecule has 2 atom stereocenters. The first-order valence-electron chi connectivity index (χ1n) is 8.99. The van der Waals surface area contributed by atoms with E-state index in [-0.39, 0.29) is 18.2 Å². The fourth-order valence-electron chi connectivity index (χ4n) is 3.73. The van der Waals surface area contributed by atoms with Crippen molar-refractivity contribution in [2.45, 2.75) is 37.8 Å². The van der Waals surface area contributed by atoms with Gasteiger partial charge in [-0.15, -0.1) is 0 Å². The highest BCUT2D eigenvalue weighted by Crippen LogP contribution is 2.26. The van der Waals surface area contributed by atoms with Crippen LogP contribution in [0.1, 0.15) is 24.8 Å². The van der Waals surface area contributed by atoms with E-state index in [1.165, 1.54) is 5.56 Å². The van der Waals surface area contributed by atoms with E-state index in [2.05, 4.69) is 24.3 Å². The van der Waals surface area contributed by atoms with Gasteiger partial charge in [0.15, 0.2) is 0 Å². The average Bonchev–Trinajstić information content (AvgIpc) is 3.26. The van der Waals surface area contributed by atoms with Crippen LogP contribution in [-0.4, -0.2) is 67.9 Å². The van der Waals surface area contributed by atoms with E-state index in [9.17, 15) is 4.79 Å². The number of ether oxygens (including phenoxy) is 2. The Labute approximate surface area is 144 Å². The molecule has 0 N–H and O–H groups in total. The quantitative estimate of drug-likeness (QED) is 0.752. The summed E-state index contributed by atoms with van der Waals surface area (Å²) in [4.78, 5) is 16.9. The molecule has 2 aliphatic heterocycles. The molecule has 2 amide bonds. The Morgan fingerprint density at radius 1 is 1.12 bits per heavy atom. The first-order chi connectivity index (χ1) is 11.8. The number of hydrogen-bond acceptors (Lipinski definition) is 3. The number of carbonyl (C=O) groups is 1. The van der Waals surface area contributed by atoms with Crippen LogP contribution >= 0.6 is 0 Å². The largest absolute Gasteiger partial charge is 0.382 e. The molecule has 2 saturated heterocycles. The maximum Gasteiger partial charge on any atom is 0.320 e. The molecule has 0 spiro atoms. The van der Waals surface area contributed by atoms with Gasteiger partial charge < -0.3 is 19.3 Å². The molecule has 132 valence electrons. The van der Waals surface area contributed by atoms with E-state index in [0.717, 1.165) is 45.3 Å².